The van der Waals surface area contributed by atoms with Crippen molar-refractivity contribution in [2.75, 3.05) is 18.4 Å². The maximum absolute atomic E-state index is 11.7. The van der Waals surface area contributed by atoms with Gasteiger partial charge in [0.2, 0.25) is 5.91 Å². The number of amides is 1. The molecule has 2 rings (SSSR count). The summed E-state index contributed by atoms with van der Waals surface area (Å²) in [5.41, 5.74) is 1.97. The molecule has 0 atom stereocenters. The quantitative estimate of drug-likeness (QED) is 0.861. The molecule has 1 aromatic carbocycles. The van der Waals surface area contributed by atoms with E-state index in [0.29, 0.717) is 0 Å². The molecule has 0 unspecified atom stereocenters. The van der Waals surface area contributed by atoms with Crippen molar-refractivity contribution < 1.29 is 4.79 Å². The molecule has 1 saturated heterocycles. The fourth-order valence-electron chi connectivity index (χ4n) is 1.44. The summed E-state index contributed by atoms with van der Waals surface area (Å²) in [6.07, 6.45) is 0. The molecule has 4 heteroatoms. The lowest BCUT2D eigenvalue weighted by atomic mass is 10.0. The maximum Gasteiger partial charge on any atom is 0.230 e. The Morgan fingerprint density at radius 3 is 2.87 bits per heavy atom. The number of halogens is 1. The van der Waals surface area contributed by atoms with Gasteiger partial charge in [-0.2, -0.15) is 0 Å². The fraction of sp³-hybridized carbons (Fsp3) is 0.364. The minimum atomic E-state index is 0.106. The second-order valence-corrected chi connectivity index (χ2v) is 4.72. The zero-order chi connectivity index (χ0) is 10.8. The Morgan fingerprint density at radius 2 is 2.27 bits per heavy atom. The average molecular weight is 269 g/mol. The van der Waals surface area contributed by atoms with E-state index in [1.807, 2.05) is 25.1 Å². The summed E-state index contributed by atoms with van der Waals surface area (Å²) in [5.74, 6) is 0.235. The van der Waals surface area contributed by atoms with Crippen molar-refractivity contribution in [3.63, 3.8) is 0 Å². The summed E-state index contributed by atoms with van der Waals surface area (Å²) in [6, 6.07) is 5.88. The number of benzene rings is 1. The summed E-state index contributed by atoms with van der Waals surface area (Å²) in [4.78, 5) is 11.7. The monoisotopic (exact) mass is 268 g/mol. The van der Waals surface area contributed by atoms with E-state index < -0.39 is 0 Å². The zero-order valence-corrected chi connectivity index (χ0v) is 10.1. The highest BCUT2D eigenvalue weighted by molar-refractivity contribution is 9.10. The van der Waals surface area contributed by atoms with Crippen LogP contribution in [0, 0.1) is 12.8 Å². The van der Waals surface area contributed by atoms with Crippen LogP contribution in [0.5, 0.6) is 0 Å². The lowest BCUT2D eigenvalue weighted by Crippen LogP contribution is -2.48. The van der Waals surface area contributed by atoms with Gasteiger partial charge in [0.05, 0.1) is 5.92 Å². The number of hydrogen-bond acceptors (Lipinski definition) is 2. The van der Waals surface area contributed by atoms with E-state index in [4.69, 9.17) is 0 Å². The predicted octanol–water partition coefficient (Wildman–Crippen LogP) is 1.92. The molecule has 0 aromatic heterocycles. The Bertz CT molecular complexity index is 388. The van der Waals surface area contributed by atoms with Crippen molar-refractivity contribution in [3.05, 3.63) is 28.2 Å². The van der Waals surface area contributed by atoms with E-state index in [1.54, 1.807) is 0 Å². The van der Waals surface area contributed by atoms with E-state index in [9.17, 15) is 4.79 Å². The smallest absolute Gasteiger partial charge is 0.230 e. The second kappa shape index (κ2) is 4.33. The third-order valence-corrected chi connectivity index (χ3v) is 3.10. The van der Waals surface area contributed by atoms with E-state index >= 15 is 0 Å². The van der Waals surface area contributed by atoms with Gasteiger partial charge in [0.1, 0.15) is 0 Å². The van der Waals surface area contributed by atoms with Crippen molar-refractivity contribution >= 4 is 27.5 Å². The first-order valence-electron chi connectivity index (χ1n) is 4.94. The van der Waals surface area contributed by atoms with Crippen LogP contribution in [-0.4, -0.2) is 19.0 Å². The lowest BCUT2D eigenvalue weighted by Gasteiger charge is -2.26. The van der Waals surface area contributed by atoms with Crippen LogP contribution >= 0.6 is 15.9 Å². The number of hydrogen-bond donors (Lipinski definition) is 2. The number of nitrogens with one attached hydrogen (secondary N) is 2. The molecule has 1 fully saturated rings. The van der Waals surface area contributed by atoms with Crippen LogP contribution in [0.4, 0.5) is 5.69 Å². The van der Waals surface area contributed by atoms with Crippen LogP contribution in [0.25, 0.3) is 0 Å². The number of carbonyl (C=O) groups is 1. The van der Waals surface area contributed by atoms with Crippen LogP contribution < -0.4 is 10.6 Å². The van der Waals surface area contributed by atoms with Gasteiger partial charge in [-0.1, -0.05) is 22.0 Å². The van der Waals surface area contributed by atoms with E-state index in [-0.39, 0.29) is 11.8 Å². The van der Waals surface area contributed by atoms with Crippen LogP contribution in [0.15, 0.2) is 22.7 Å². The first-order valence-corrected chi connectivity index (χ1v) is 5.74. The van der Waals surface area contributed by atoms with Crippen molar-refractivity contribution in [1.82, 2.24) is 5.32 Å². The Kier molecular flexibility index (Phi) is 3.07. The molecule has 2 N–H and O–H groups in total. The Hall–Kier alpha value is -0.870. The molecule has 1 amide bonds. The first-order chi connectivity index (χ1) is 7.16. The highest BCUT2D eigenvalue weighted by Gasteiger charge is 2.24. The largest absolute Gasteiger partial charge is 0.325 e. The topological polar surface area (TPSA) is 41.1 Å². The van der Waals surface area contributed by atoms with Crippen molar-refractivity contribution in [2.45, 2.75) is 6.92 Å². The molecule has 1 aliphatic rings. The number of carbonyl (C=O) groups excluding carboxylic acids is 1. The molecule has 0 aliphatic carbocycles. The minimum Gasteiger partial charge on any atom is -0.325 e. The second-order valence-electron chi connectivity index (χ2n) is 3.80. The summed E-state index contributed by atoms with van der Waals surface area (Å²) >= 11 is 3.39. The molecule has 0 radical (unpaired) electrons. The molecular weight excluding hydrogens is 256 g/mol. The van der Waals surface area contributed by atoms with Gasteiger partial charge in [0.15, 0.2) is 0 Å². The van der Waals surface area contributed by atoms with Gasteiger partial charge < -0.3 is 10.6 Å². The van der Waals surface area contributed by atoms with Gasteiger partial charge in [0.25, 0.3) is 0 Å². The average Bonchev–Trinajstić information content (AvgIpc) is 2.08. The van der Waals surface area contributed by atoms with E-state index in [0.717, 1.165) is 28.8 Å². The van der Waals surface area contributed by atoms with Gasteiger partial charge in [-0.3, -0.25) is 4.79 Å². The summed E-state index contributed by atoms with van der Waals surface area (Å²) < 4.78 is 0.982. The zero-order valence-electron chi connectivity index (χ0n) is 8.51. The number of aryl methyl sites for hydroxylation is 1. The third-order valence-electron chi connectivity index (χ3n) is 2.61. The van der Waals surface area contributed by atoms with Crippen molar-refractivity contribution in [3.8, 4) is 0 Å². The van der Waals surface area contributed by atoms with Crippen molar-refractivity contribution in [2.24, 2.45) is 5.92 Å². The normalized spacial score (nSPS) is 15.9. The van der Waals surface area contributed by atoms with Gasteiger partial charge in [-0.05, 0) is 24.6 Å². The third kappa shape index (κ3) is 2.38. The fourth-order valence-corrected chi connectivity index (χ4v) is 1.80. The highest BCUT2D eigenvalue weighted by atomic mass is 79.9. The lowest BCUT2D eigenvalue weighted by molar-refractivity contribution is -0.121. The molecule has 3 nitrogen and oxygen atoms in total. The van der Waals surface area contributed by atoms with Gasteiger partial charge in [-0.15, -0.1) is 0 Å². The highest BCUT2D eigenvalue weighted by Crippen LogP contribution is 2.21. The predicted molar refractivity (Wildman–Crippen MR) is 63.9 cm³/mol. The first kappa shape index (κ1) is 10.6. The summed E-state index contributed by atoms with van der Waals surface area (Å²) in [7, 11) is 0. The van der Waals surface area contributed by atoms with Crippen LogP contribution in [0.3, 0.4) is 0 Å². The Balaban J connectivity index is 2.09. The Labute approximate surface area is 97.4 Å². The standard InChI is InChI=1S/C11H13BrN2O/c1-7-2-3-9(12)4-10(7)14-11(15)8-5-13-6-8/h2-4,8,13H,5-6H2,1H3,(H,14,15). The Morgan fingerprint density at radius 1 is 1.53 bits per heavy atom. The van der Waals surface area contributed by atoms with Gasteiger partial charge >= 0.3 is 0 Å². The SMILES string of the molecule is Cc1ccc(Br)cc1NC(=O)C1CNC1. The molecule has 0 spiro atoms. The molecule has 0 saturated carbocycles. The number of rotatable bonds is 2. The molecule has 1 heterocycles. The molecule has 0 bridgehead atoms. The van der Waals surface area contributed by atoms with E-state index in [1.165, 1.54) is 0 Å². The maximum atomic E-state index is 11.7. The van der Waals surface area contributed by atoms with Gasteiger partial charge in [-0.25, -0.2) is 0 Å². The summed E-state index contributed by atoms with van der Waals surface area (Å²) in [5, 5.41) is 6.03. The van der Waals surface area contributed by atoms with Crippen molar-refractivity contribution in [1.29, 1.82) is 0 Å². The van der Waals surface area contributed by atoms with E-state index in [2.05, 4.69) is 26.6 Å². The molecule has 80 valence electrons. The summed E-state index contributed by atoms with van der Waals surface area (Å²) in [6.45, 7) is 3.57. The molecule has 1 aromatic rings. The minimum absolute atomic E-state index is 0.106. The van der Waals surface area contributed by atoms with Crippen LogP contribution in [-0.2, 0) is 4.79 Å². The molecular formula is C11H13BrN2O. The van der Waals surface area contributed by atoms with Crippen LogP contribution in [0.1, 0.15) is 5.56 Å². The van der Waals surface area contributed by atoms with Crippen LogP contribution in [0.2, 0.25) is 0 Å². The molecule has 1 aliphatic heterocycles. The molecule has 15 heavy (non-hydrogen) atoms. The van der Waals surface area contributed by atoms with Gasteiger partial charge in [0, 0.05) is 23.2 Å². The number of anilines is 1.